The zero-order chi connectivity index (χ0) is 25.2. The Hall–Kier alpha value is -3.53. The van der Waals surface area contributed by atoms with Gasteiger partial charge in [-0.1, -0.05) is 48.5 Å². The van der Waals surface area contributed by atoms with Gasteiger partial charge in [-0.2, -0.15) is 0 Å². The van der Waals surface area contributed by atoms with Crippen LogP contribution in [0.5, 0.6) is 0 Å². The highest BCUT2D eigenvalue weighted by molar-refractivity contribution is 5.88. The van der Waals surface area contributed by atoms with Gasteiger partial charge >= 0.3 is 12.1 Å². The lowest BCUT2D eigenvalue weighted by molar-refractivity contribution is -0.143. The maximum absolute atomic E-state index is 14.2. The minimum atomic E-state index is -3.36. The summed E-state index contributed by atoms with van der Waals surface area (Å²) >= 11 is 0. The zero-order valence-electron chi connectivity index (χ0n) is 19.0. The van der Waals surface area contributed by atoms with E-state index in [9.17, 15) is 23.2 Å². The summed E-state index contributed by atoms with van der Waals surface area (Å²) in [6.07, 6.45) is -0.921. The minimum absolute atomic E-state index is 0.0324. The van der Waals surface area contributed by atoms with Gasteiger partial charge in [0.15, 0.2) is 0 Å². The number of hydrogen-bond acceptors (Lipinski definition) is 5. The summed E-state index contributed by atoms with van der Waals surface area (Å²) in [5.41, 5.74) is 4.17. The fourth-order valence-corrected chi connectivity index (χ4v) is 4.60. The average Bonchev–Trinajstić information content (AvgIpc) is 3.25. The number of alkyl halides is 2. The number of methoxy groups -OCH3 is 1. The Kier molecular flexibility index (Phi) is 7.02. The highest BCUT2D eigenvalue weighted by Gasteiger charge is 2.71. The number of carbonyl (C=O) groups excluding carboxylic acids is 2. The summed E-state index contributed by atoms with van der Waals surface area (Å²) in [5, 5.41) is 13.6. The third-order valence-corrected chi connectivity index (χ3v) is 6.52. The van der Waals surface area contributed by atoms with Crippen LogP contribution < -0.4 is 10.6 Å². The van der Waals surface area contributed by atoms with Crippen molar-refractivity contribution in [2.75, 3.05) is 26.9 Å². The van der Waals surface area contributed by atoms with Crippen LogP contribution in [0.25, 0.3) is 11.1 Å². The number of nitrogens with one attached hydrogen (secondary N) is 2. The molecule has 0 aliphatic heterocycles. The van der Waals surface area contributed by atoms with Crippen molar-refractivity contribution >= 4 is 18.0 Å². The van der Waals surface area contributed by atoms with Gasteiger partial charge in [0, 0.05) is 32.6 Å². The smallest absolute Gasteiger partial charge is 0.407 e. The maximum Gasteiger partial charge on any atom is 0.407 e. The number of benzene rings is 2. The lowest BCUT2D eigenvalue weighted by Crippen LogP contribution is -2.43. The monoisotopic (exact) mass is 488 g/mol. The number of fused-ring (bicyclic) bond motifs is 3. The fraction of sp³-hybridized carbons (Fsp3) is 0.400. The number of carboxylic acid groups (broad SMARTS) is 1. The first-order valence-corrected chi connectivity index (χ1v) is 11.2. The zero-order valence-corrected chi connectivity index (χ0v) is 19.0. The van der Waals surface area contributed by atoms with Crippen molar-refractivity contribution in [1.82, 2.24) is 10.6 Å². The first kappa shape index (κ1) is 24.6. The quantitative estimate of drug-likeness (QED) is 0.474. The van der Waals surface area contributed by atoms with Gasteiger partial charge < -0.3 is 25.2 Å². The van der Waals surface area contributed by atoms with Crippen molar-refractivity contribution < 1.29 is 37.7 Å². The minimum Gasteiger partial charge on any atom is -0.480 e. The van der Waals surface area contributed by atoms with E-state index >= 15 is 0 Å². The molecular weight excluding hydrogens is 462 g/mol. The first-order chi connectivity index (χ1) is 16.8. The lowest BCUT2D eigenvalue weighted by atomic mass is 9.98. The number of alkyl carbamates (subject to hydrolysis) is 1. The van der Waals surface area contributed by atoms with Crippen LogP contribution in [0.1, 0.15) is 23.5 Å². The first-order valence-electron chi connectivity index (χ1n) is 11.2. The van der Waals surface area contributed by atoms with E-state index in [1.807, 2.05) is 48.5 Å². The maximum atomic E-state index is 14.2. The number of halogens is 2. The predicted octanol–water partition coefficient (Wildman–Crippen LogP) is 3.01. The Labute approximate surface area is 200 Å². The summed E-state index contributed by atoms with van der Waals surface area (Å²) in [5.74, 6) is -9.11. The summed E-state index contributed by atoms with van der Waals surface area (Å²) in [4.78, 5) is 35.8. The third-order valence-electron chi connectivity index (χ3n) is 6.52. The standard InChI is InChI=1S/C25H26F2N2O6/c1-34-11-10-20(23(31)32)29-22(30)21-19(25(21,26)27)12-28-24(33)35-13-18-16-8-4-2-6-14(16)15-7-3-5-9-17(15)18/h2-9,18-21H,10-13H2,1H3,(H,28,33)(H,29,30)(H,31,32). The molecule has 0 bridgehead atoms. The van der Waals surface area contributed by atoms with Gasteiger partial charge in [0.05, 0.1) is 5.92 Å². The number of amides is 2. The van der Waals surface area contributed by atoms with Crippen molar-refractivity contribution in [2.45, 2.75) is 24.3 Å². The normalized spacial score (nSPS) is 20.3. The molecule has 2 aliphatic rings. The fourth-order valence-electron chi connectivity index (χ4n) is 4.60. The van der Waals surface area contributed by atoms with Gasteiger partial charge in [-0.15, -0.1) is 0 Å². The Bertz CT molecular complexity index is 1080. The molecule has 3 N–H and O–H groups in total. The summed E-state index contributed by atoms with van der Waals surface area (Å²) < 4.78 is 38.5. The molecule has 0 radical (unpaired) electrons. The van der Waals surface area contributed by atoms with E-state index in [1.165, 1.54) is 7.11 Å². The second-order valence-corrected chi connectivity index (χ2v) is 8.65. The van der Waals surface area contributed by atoms with Crippen LogP contribution in [0.2, 0.25) is 0 Å². The van der Waals surface area contributed by atoms with Gasteiger partial charge in [-0.3, -0.25) is 4.79 Å². The molecule has 8 nitrogen and oxygen atoms in total. The molecule has 2 aliphatic carbocycles. The van der Waals surface area contributed by atoms with Crippen LogP contribution in [-0.4, -0.2) is 61.9 Å². The van der Waals surface area contributed by atoms with Gasteiger partial charge in [-0.05, 0) is 22.3 Å². The average molecular weight is 488 g/mol. The molecule has 3 unspecified atom stereocenters. The molecule has 3 atom stereocenters. The van der Waals surface area contributed by atoms with Crippen molar-refractivity contribution in [3.8, 4) is 11.1 Å². The van der Waals surface area contributed by atoms with E-state index < -0.39 is 48.3 Å². The molecule has 1 fully saturated rings. The molecule has 4 rings (SSSR count). The molecule has 0 aromatic heterocycles. The molecular formula is C25H26F2N2O6. The molecule has 10 heteroatoms. The molecule has 0 spiro atoms. The number of hydrogen-bond donors (Lipinski definition) is 3. The Balaban J connectivity index is 1.30. The molecule has 0 saturated heterocycles. The van der Waals surface area contributed by atoms with Crippen LogP contribution in [0.3, 0.4) is 0 Å². The highest BCUT2D eigenvalue weighted by atomic mass is 19.3. The van der Waals surface area contributed by atoms with E-state index in [0.717, 1.165) is 22.3 Å². The summed E-state index contributed by atoms with van der Waals surface area (Å²) in [6, 6.07) is 14.3. The van der Waals surface area contributed by atoms with Crippen LogP contribution in [0.15, 0.2) is 48.5 Å². The SMILES string of the molecule is COCCC(NC(=O)C1C(CNC(=O)OCC2c3ccccc3-c3ccccc32)C1(F)F)C(=O)O. The Morgan fingerprint density at radius 2 is 1.66 bits per heavy atom. The molecule has 2 amide bonds. The van der Waals surface area contributed by atoms with Gasteiger partial charge in [0.2, 0.25) is 5.91 Å². The topological polar surface area (TPSA) is 114 Å². The number of ether oxygens (including phenoxy) is 2. The number of carboxylic acids is 1. The van der Waals surface area contributed by atoms with Crippen molar-refractivity contribution in [3.05, 3.63) is 59.7 Å². The molecule has 1 saturated carbocycles. The Morgan fingerprint density at radius 3 is 2.23 bits per heavy atom. The van der Waals surface area contributed by atoms with Gasteiger partial charge in [0.25, 0.3) is 5.92 Å². The van der Waals surface area contributed by atoms with Crippen molar-refractivity contribution in [2.24, 2.45) is 11.8 Å². The molecule has 2 aromatic rings. The lowest BCUT2D eigenvalue weighted by Gasteiger charge is -2.14. The summed E-state index contributed by atoms with van der Waals surface area (Å²) in [6.45, 7) is -0.396. The van der Waals surface area contributed by atoms with Crippen LogP contribution in [0, 0.1) is 11.8 Å². The van der Waals surface area contributed by atoms with Crippen LogP contribution in [0.4, 0.5) is 13.6 Å². The van der Waals surface area contributed by atoms with Crippen molar-refractivity contribution in [3.63, 3.8) is 0 Å². The highest BCUT2D eigenvalue weighted by Crippen LogP contribution is 2.55. The van der Waals surface area contributed by atoms with Crippen molar-refractivity contribution in [1.29, 1.82) is 0 Å². The molecule has 186 valence electrons. The van der Waals surface area contributed by atoms with Gasteiger partial charge in [0.1, 0.15) is 18.6 Å². The second kappa shape index (κ2) is 9.99. The predicted molar refractivity (Wildman–Crippen MR) is 121 cm³/mol. The van der Waals surface area contributed by atoms with E-state index in [4.69, 9.17) is 14.6 Å². The van der Waals surface area contributed by atoms with Gasteiger partial charge in [-0.25, -0.2) is 18.4 Å². The third kappa shape index (κ3) is 4.97. The summed E-state index contributed by atoms with van der Waals surface area (Å²) in [7, 11) is 1.36. The molecule has 35 heavy (non-hydrogen) atoms. The van der Waals surface area contributed by atoms with Crippen LogP contribution in [-0.2, 0) is 19.1 Å². The van der Waals surface area contributed by atoms with E-state index in [2.05, 4.69) is 10.6 Å². The number of aliphatic carboxylic acids is 1. The Morgan fingerprint density at radius 1 is 1.06 bits per heavy atom. The molecule has 0 heterocycles. The van der Waals surface area contributed by atoms with E-state index in [-0.39, 0.29) is 25.6 Å². The van der Waals surface area contributed by atoms with E-state index in [1.54, 1.807) is 0 Å². The van der Waals surface area contributed by atoms with Crippen LogP contribution >= 0.6 is 0 Å². The largest absolute Gasteiger partial charge is 0.480 e. The number of rotatable bonds is 10. The van der Waals surface area contributed by atoms with E-state index in [0.29, 0.717) is 0 Å². The second-order valence-electron chi connectivity index (χ2n) is 8.65. The number of carbonyl (C=O) groups is 3. The molecule has 2 aromatic carbocycles.